The van der Waals surface area contributed by atoms with Gasteiger partial charge in [-0.25, -0.2) is 4.79 Å². The first-order chi connectivity index (χ1) is 11.7. The Labute approximate surface area is 144 Å². The number of carbonyl (C=O) groups excluding carboxylic acids is 1. The van der Waals surface area contributed by atoms with Crippen molar-refractivity contribution in [3.05, 3.63) is 70.9 Å². The fraction of sp³-hybridized carbons (Fsp3) is 0.222. The average molecular weight is 338 g/mol. The van der Waals surface area contributed by atoms with Crippen LogP contribution < -0.4 is 5.32 Å². The Bertz CT molecular complexity index is 856. The molecule has 122 valence electrons. The van der Waals surface area contributed by atoms with E-state index >= 15 is 0 Å². The quantitative estimate of drug-likeness (QED) is 0.775. The topological polar surface area (TPSA) is 50.2 Å². The van der Waals surface area contributed by atoms with E-state index in [4.69, 9.17) is 0 Å². The third-order valence-corrected chi connectivity index (χ3v) is 5.15. The van der Waals surface area contributed by atoms with E-state index in [1.54, 1.807) is 0 Å². The zero-order chi connectivity index (χ0) is 16.5. The number of carbonyl (C=O) groups is 1. The maximum atomic E-state index is 12.7. The van der Waals surface area contributed by atoms with Gasteiger partial charge in [0.05, 0.1) is 11.2 Å². The summed E-state index contributed by atoms with van der Waals surface area (Å²) in [7, 11) is 1.92. The molecule has 0 spiro atoms. The molecule has 1 atom stereocenters. The molecule has 1 aliphatic heterocycles. The van der Waals surface area contributed by atoms with E-state index in [1.807, 2.05) is 52.6 Å². The zero-order valence-corrected chi connectivity index (χ0v) is 14.2. The number of thiophene rings is 1. The zero-order valence-electron chi connectivity index (χ0n) is 13.3. The van der Waals surface area contributed by atoms with Crippen molar-refractivity contribution in [2.45, 2.75) is 12.5 Å². The Hall–Kier alpha value is -2.60. The molecule has 0 fully saturated rings. The van der Waals surface area contributed by atoms with E-state index in [0.717, 1.165) is 10.6 Å². The van der Waals surface area contributed by atoms with Gasteiger partial charge in [0.1, 0.15) is 0 Å². The van der Waals surface area contributed by atoms with Crippen molar-refractivity contribution in [3.8, 4) is 0 Å². The van der Waals surface area contributed by atoms with Gasteiger partial charge < -0.3 is 4.90 Å². The van der Waals surface area contributed by atoms with Crippen LogP contribution in [0.5, 0.6) is 0 Å². The predicted molar refractivity (Wildman–Crippen MR) is 95.2 cm³/mol. The average Bonchev–Trinajstić information content (AvgIpc) is 3.25. The Balaban J connectivity index is 1.63. The third kappa shape index (κ3) is 2.80. The molecule has 5 nitrogen and oxygen atoms in total. The smallest absolute Gasteiger partial charge is 0.319 e. The second kappa shape index (κ2) is 6.13. The van der Waals surface area contributed by atoms with Gasteiger partial charge in [-0.05, 0) is 34.2 Å². The van der Waals surface area contributed by atoms with E-state index in [2.05, 4.69) is 28.6 Å². The number of rotatable bonds is 2. The van der Waals surface area contributed by atoms with Crippen LogP contribution in [0, 0.1) is 0 Å². The van der Waals surface area contributed by atoms with Gasteiger partial charge in [-0.3, -0.25) is 10.00 Å². The van der Waals surface area contributed by atoms with Crippen molar-refractivity contribution in [3.63, 3.8) is 0 Å². The number of urea groups is 1. The maximum absolute atomic E-state index is 12.7. The number of nitrogens with one attached hydrogen (secondary N) is 1. The molecule has 3 aromatic rings. The largest absolute Gasteiger partial charge is 0.322 e. The molecule has 0 saturated carbocycles. The van der Waals surface area contributed by atoms with Crippen LogP contribution in [0.15, 0.2) is 54.2 Å². The minimum atomic E-state index is -0.0548. The van der Waals surface area contributed by atoms with Gasteiger partial charge in [0.15, 0.2) is 0 Å². The molecule has 0 aliphatic carbocycles. The summed E-state index contributed by atoms with van der Waals surface area (Å²) in [4.78, 5) is 14.5. The van der Waals surface area contributed by atoms with E-state index in [1.165, 1.54) is 22.5 Å². The van der Waals surface area contributed by atoms with Crippen molar-refractivity contribution in [1.29, 1.82) is 0 Å². The molecule has 3 heterocycles. The highest BCUT2D eigenvalue weighted by Crippen LogP contribution is 2.33. The summed E-state index contributed by atoms with van der Waals surface area (Å²) >= 11 is 1.53. The van der Waals surface area contributed by atoms with Crippen LogP contribution in [0.2, 0.25) is 0 Å². The highest BCUT2D eigenvalue weighted by atomic mass is 32.1. The van der Waals surface area contributed by atoms with E-state index in [9.17, 15) is 4.79 Å². The van der Waals surface area contributed by atoms with Crippen LogP contribution in [0.1, 0.15) is 22.6 Å². The second-order valence-electron chi connectivity index (χ2n) is 5.99. The van der Waals surface area contributed by atoms with Crippen LogP contribution in [0.25, 0.3) is 0 Å². The molecule has 4 rings (SSSR count). The van der Waals surface area contributed by atoms with E-state index < -0.39 is 0 Å². The summed E-state index contributed by atoms with van der Waals surface area (Å²) in [5.41, 5.74) is 3.61. The van der Waals surface area contributed by atoms with Crippen molar-refractivity contribution in [2.24, 2.45) is 7.05 Å². The molecule has 2 amide bonds. The summed E-state index contributed by atoms with van der Waals surface area (Å²) in [5, 5.41) is 10.1. The summed E-state index contributed by atoms with van der Waals surface area (Å²) in [5.74, 6) is 0.151. The van der Waals surface area contributed by atoms with Gasteiger partial charge in [-0.1, -0.05) is 24.3 Å². The lowest BCUT2D eigenvalue weighted by molar-refractivity contribution is 0.203. The monoisotopic (exact) mass is 338 g/mol. The number of hydrogen-bond donors (Lipinski definition) is 1. The van der Waals surface area contributed by atoms with Crippen molar-refractivity contribution in [1.82, 2.24) is 14.7 Å². The standard InChI is InChI=1S/C18H18N4OS/c1-21-10-14(9-19-21)16-12-22(11-13-5-2-3-6-15(13)16)18(23)20-17-7-4-8-24-17/h2-10,16H,11-12H2,1H3,(H,20,23). The first kappa shape index (κ1) is 15.0. The fourth-order valence-electron chi connectivity index (χ4n) is 3.20. The van der Waals surface area contributed by atoms with Crippen molar-refractivity contribution < 1.29 is 4.79 Å². The number of hydrogen-bond acceptors (Lipinski definition) is 3. The van der Waals surface area contributed by atoms with E-state index in [0.29, 0.717) is 13.1 Å². The molecule has 0 saturated heterocycles. The lowest BCUT2D eigenvalue weighted by atomic mass is 9.86. The van der Waals surface area contributed by atoms with Gasteiger partial charge >= 0.3 is 6.03 Å². The number of nitrogens with zero attached hydrogens (tertiary/aromatic N) is 3. The predicted octanol–water partition coefficient (Wildman–Crippen LogP) is 3.66. The lowest BCUT2D eigenvalue weighted by Gasteiger charge is -2.34. The number of aryl methyl sites for hydroxylation is 1. The number of anilines is 1. The Morgan fingerprint density at radius 2 is 2.17 bits per heavy atom. The number of fused-ring (bicyclic) bond motifs is 1. The van der Waals surface area contributed by atoms with Gasteiger partial charge in [-0.2, -0.15) is 5.10 Å². The highest BCUT2D eigenvalue weighted by molar-refractivity contribution is 7.14. The fourth-order valence-corrected chi connectivity index (χ4v) is 3.81. The van der Waals surface area contributed by atoms with Gasteiger partial charge in [0.25, 0.3) is 0 Å². The van der Waals surface area contributed by atoms with E-state index in [-0.39, 0.29) is 11.9 Å². The highest BCUT2D eigenvalue weighted by Gasteiger charge is 2.29. The van der Waals surface area contributed by atoms with Crippen LogP contribution in [-0.4, -0.2) is 27.3 Å². The summed E-state index contributed by atoms with van der Waals surface area (Å²) in [6.07, 6.45) is 3.92. The van der Waals surface area contributed by atoms with Crippen LogP contribution in [-0.2, 0) is 13.6 Å². The van der Waals surface area contributed by atoms with Crippen LogP contribution in [0.3, 0.4) is 0 Å². The molecule has 1 aromatic carbocycles. The SMILES string of the molecule is Cn1cc(C2CN(C(=O)Nc3cccs3)Cc3ccccc32)cn1. The number of aromatic nitrogens is 2. The summed E-state index contributed by atoms with van der Waals surface area (Å²) < 4.78 is 1.81. The minimum Gasteiger partial charge on any atom is -0.319 e. The van der Waals surface area contributed by atoms with Crippen LogP contribution in [0.4, 0.5) is 9.80 Å². The summed E-state index contributed by atoms with van der Waals surface area (Å²) in [6, 6.07) is 12.1. The normalized spacial score (nSPS) is 16.7. The van der Waals surface area contributed by atoms with Crippen LogP contribution >= 0.6 is 11.3 Å². The molecule has 6 heteroatoms. The first-order valence-corrected chi connectivity index (χ1v) is 8.74. The van der Waals surface area contributed by atoms with Gasteiger partial charge in [0, 0.05) is 32.3 Å². The molecular weight excluding hydrogens is 320 g/mol. The molecule has 0 radical (unpaired) electrons. The second-order valence-corrected chi connectivity index (χ2v) is 6.93. The lowest BCUT2D eigenvalue weighted by Crippen LogP contribution is -2.40. The molecule has 1 N–H and O–H groups in total. The Morgan fingerprint density at radius 1 is 1.29 bits per heavy atom. The number of amides is 2. The first-order valence-electron chi connectivity index (χ1n) is 7.86. The van der Waals surface area contributed by atoms with Crippen molar-refractivity contribution >= 4 is 22.4 Å². The summed E-state index contributed by atoms with van der Waals surface area (Å²) in [6.45, 7) is 1.28. The number of benzene rings is 1. The van der Waals surface area contributed by atoms with Gasteiger partial charge in [-0.15, -0.1) is 11.3 Å². The Kier molecular flexibility index (Phi) is 3.82. The third-order valence-electron chi connectivity index (χ3n) is 4.36. The molecular formula is C18H18N4OS. The molecule has 2 aromatic heterocycles. The minimum absolute atomic E-state index is 0.0548. The van der Waals surface area contributed by atoms with Gasteiger partial charge in [0.2, 0.25) is 0 Å². The molecule has 1 unspecified atom stereocenters. The molecule has 0 bridgehead atoms. The molecule has 1 aliphatic rings. The maximum Gasteiger partial charge on any atom is 0.322 e. The van der Waals surface area contributed by atoms with Crippen molar-refractivity contribution in [2.75, 3.05) is 11.9 Å². The Morgan fingerprint density at radius 3 is 2.92 bits per heavy atom. The molecule has 24 heavy (non-hydrogen) atoms.